The van der Waals surface area contributed by atoms with Crippen LogP contribution < -0.4 is 5.73 Å². The molecule has 0 saturated carbocycles. The van der Waals surface area contributed by atoms with Crippen molar-refractivity contribution < 1.29 is 8.60 Å². The van der Waals surface area contributed by atoms with E-state index < -0.39 is 16.6 Å². The number of aromatic nitrogens is 4. The Morgan fingerprint density at radius 2 is 2.26 bits per heavy atom. The topological polar surface area (TPSA) is 86.7 Å². The van der Waals surface area contributed by atoms with Crippen LogP contribution in [0.5, 0.6) is 0 Å². The fraction of sp³-hybridized carbons (Fsp3) is 0.364. The van der Waals surface area contributed by atoms with Crippen LogP contribution in [-0.4, -0.2) is 35.9 Å². The fourth-order valence-electron chi connectivity index (χ4n) is 1.56. The van der Waals surface area contributed by atoms with Gasteiger partial charge in [0.1, 0.15) is 5.82 Å². The van der Waals surface area contributed by atoms with Gasteiger partial charge in [-0.2, -0.15) is 0 Å². The molecule has 19 heavy (non-hydrogen) atoms. The molecule has 1 heterocycles. The Morgan fingerprint density at radius 3 is 2.95 bits per heavy atom. The number of tetrazole rings is 1. The Hall–Kier alpha value is -1.83. The highest BCUT2D eigenvalue weighted by Gasteiger charge is 2.11. The SMILES string of the molecule is CCS(=O)CCn1nnnc1-c1ccc(N)c(F)c1. The maximum Gasteiger partial charge on any atom is 0.182 e. The molecular formula is C11H14FN5OS. The van der Waals surface area contributed by atoms with Crippen molar-refractivity contribution in [2.75, 3.05) is 17.2 Å². The number of aryl methyl sites for hydroxylation is 1. The normalized spacial score (nSPS) is 12.5. The largest absolute Gasteiger partial charge is 0.396 e. The maximum absolute atomic E-state index is 13.4. The molecule has 0 saturated heterocycles. The molecule has 1 aromatic heterocycles. The fourth-order valence-corrected chi connectivity index (χ4v) is 2.23. The van der Waals surface area contributed by atoms with Gasteiger partial charge in [0.2, 0.25) is 0 Å². The van der Waals surface area contributed by atoms with Crippen LogP contribution in [0.4, 0.5) is 10.1 Å². The number of benzene rings is 1. The van der Waals surface area contributed by atoms with Crippen LogP contribution >= 0.6 is 0 Å². The van der Waals surface area contributed by atoms with Crippen LogP contribution in [0.25, 0.3) is 11.4 Å². The van der Waals surface area contributed by atoms with E-state index in [1.165, 1.54) is 16.8 Å². The van der Waals surface area contributed by atoms with Crippen LogP contribution in [0.15, 0.2) is 18.2 Å². The second-order valence-electron chi connectivity index (χ2n) is 3.89. The summed E-state index contributed by atoms with van der Waals surface area (Å²) in [6, 6.07) is 4.40. The third-order valence-corrected chi connectivity index (χ3v) is 3.93. The molecule has 2 aromatic rings. The Bertz CT molecular complexity index is 601. The summed E-state index contributed by atoms with van der Waals surface area (Å²) in [5, 5.41) is 11.2. The molecule has 8 heteroatoms. The van der Waals surface area contributed by atoms with Gasteiger partial charge in [-0.3, -0.25) is 4.21 Å². The van der Waals surface area contributed by atoms with Crippen molar-refractivity contribution in [2.24, 2.45) is 0 Å². The van der Waals surface area contributed by atoms with Crippen molar-refractivity contribution in [3.8, 4) is 11.4 Å². The number of hydrogen-bond acceptors (Lipinski definition) is 5. The van der Waals surface area contributed by atoms with E-state index in [0.29, 0.717) is 29.4 Å². The van der Waals surface area contributed by atoms with Crippen molar-refractivity contribution in [3.63, 3.8) is 0 Å². The molecule has 0 radical (unpaired) electrons. The first-order valence-electron chi connectivity index (χ1n) is 5.78. The lowest BCUT2D eigenvalue weighted by atomic mass is 10.2. The number of nitrogens with zero attached hydrogens (tertiary/aromatic N) is 4. The molecule has 1 unspecified atom stereocenters. The maximum atomic E-state index is 13.4. The van der Waals surface area contributed by atoms with E-state index in [0.717, 1.165) is 0 Å². The Kier molecular flexibility index (Phi) is 4.20. The van der Waals surface area contributed by atoms with Crippen molar-refractivity contribution in [2.45, 2.75) is 13.5 Å². The van der Waals surface area contributed by atoms with Crippen molar-refractivity contribution >= 4 is 16.5 Å². The molecule has 0 bridgehead atoms. The molecule has 1 aromatic carbocycles. The van der Waals surface area contributed by atoms with Gasteiger partial charge in [-0.15, -0.1) is 5.10 Å². The summed E-state index contributed by atoms with van der Waals surface area (Å²) in [4.78, 5) is 0. The molecule has 0 spiro atoms. The van der Waals surface area contributed by atoms with Gasteiger partial charge in [-0.1, -0.05) is 6.92 Å². The minimum atomic E-state index is -0.895. The van der Waals surface area contributed by atoms with E-state index in [9.17, 15) is 8.60 Å². The first-order valence-corrected chi connectivity index (χ1v) is 7.27. The molecule has 102 valence electrons. The first-order chi connectivity index (χ1) is 9.11. The average molecular weight is 283 g/mol. The van der Waals surface area contributed by atoms with Crippen LogP contribution in [0.3, 0.4) is 0 Å². The molecule has 0 aliphatic carbocycles. The van der Waals surface area contributed by atoms with E-state index in [-0.39, 0.29) is 5.69 Å². The standard InChI is InChI=1S/C11H14FN5OS/c1-2-19(18)6-5-17-11(14-15-16-17)8-3-4-10(13)9(12)7-8/h3-4,7H,2,5-6,13H2,1H3. The molecule has 2 N–H and O–H groups in total. The smallest absolute Gasteiger partial charge is 0.182 e. The van der Waals surface area contributed by atoms with Crippen LogP contribution in [0.2, 0.25) is 0 Å². The predicted octanol–water partition coefficient (Wildman–Crippen LogP) is 0.830. The van der Waals surface area contributed by atoms with Gasteiger partial charge >= 0.3 is 0 Å². The van der Waals surface area contributed by atoms with E-state index in [2.05, 4.69) is 15.5 Å². The molecule has 6 nitrogen and oxygen atoms in total. The van der Waals surface area contributed by atoms with Gasteiger partial charge in [-0.25, -0.2) is 9.07 Å². The third-order valence-electron chi connectivity index (χ3n) is 2.64. The Labute approximate surface area is 112 Å². The molecule has 0 aliphatic rings. The van der Waals surface area contributed by atoms with E-state index >= 15 is 0 Å². The molecule has 2 rings (SSSR count). The molecule has 0 amide bonds. The van der Waals surface area contributed by atoms with Crippen molar-refractivity contribution in [1.82, 2.24) is 20.2 Å². The summed E-state index contributed by atoms with van der Waals surface area (Å²) < 4.78 is 26.3. The van der Waals surface area contributed by atoms with Gasteiger partial charge in [0.15, 0.2) is 5.82 Å². The average Bonchev–Trinajstić information content (AvgIpc) is 2.87. The summed E-state index contributed by atoms with van der Waals surface area (Å²) >= 11 is 0. The zero-order chi connectivity index (χ0) is 13.8. The summed E-state index contributed by atoms with van der Waals surface area (Å²) in [5.74, 6) is 0.983. The van der Waals surface area contributed by atoms with E-state index in [4.69, 9.17) is 5.73 Å². The van der Waals surface area contributed by atoms with Gasteiger partial charge < -0.3 is 5.73 Å². The monoisotopic (exact) mass is 283 g/mol. The molecular weight excluding hydrogens is 269 g/mol. The highest BCUT2D eigenvalue weighted by atomic mass is 32.2. The number of nitrogen functional groups attached to an aromatic ring is 1. The lowest BCUT2D eigenvalue weighted by Gasteiger charge is -2.05. The number of hydrogen-bond donors (Lipinski definition) is 1. The molecule has 0 fully saturated rings. The van der Waals surface area contributed by atoms with Crippen LogP contribution in [-0.2, 0) is 17.3 Å². The summed E-state index contributed by atoms with van der Waals surface area (Å²) in [6.45, 7) is 2.28. The highest BCUT2D eigenvalue weighted by Crippen LogP contribution is 2.20. The molecule has 1 atom stereocenters. The number of nitrogens with two attached hydrogens (primary N) is 1. The number of anilines is 1. The van der Waals surface area contributed by atoms with Gasteiger partial charge in [0, 0.05) is 27.9 Å². The zero-order valence-corrected chi connectivity index (χ0v) is 11.2. The quantitative estimate of drug-likeness (QED) is 0.821. The van der Waals surface area contributed by atoms with Gasteiger partial charge in [0.25, 0.3) is 0 Å². The van der Waals surface area contributed by atoms with Crippen molar-refractivity contribution in [1.29, 1.82) is 0 Å². The summed E-state index contributed by atoms with van der Waals surface area (Å²) in [5.41, 5.74) is 6.04. The van der Waals surface area contributed by atoms with E-state index in [1.54, 1.807) is 6.07 Å². The minimum Gasteiger partial charge on any atom is -0.396 e. The predicted molar refractivity (Wildman–Crippen MR) is 71.2 cm³/mol. The first kappa shape index (κ1) is 13.6. The van der Waals surface area contributed by atoms with Crippen LogP contribution in [0, 0.1) is 5.82 Å². The second-order valence-corrected chi connectivity index (χ2v) is 5.76. The second kappa shape index (κ2) is 5.87. The van der Waals surface area contributed by atoms with Gasteiger partial charge in [-0.05, 0) is 28.6 Å². The summed E-state index contributed by atoms with van der Waals surface area (Å²) in [6.07, 6.45) is 0. The van der Waals surface area contributed by atoms with Gasteiger partial charge in [0.05, 0.1) is 12.2 Å². The minimum absolute atomic E-state index is 0.0786. The van der Waals surface area contributed by atoms with E-state index in [1.807, 2.05) is 6.92 Å². The third kappa shape index (κ3) is 3.14. The Morgan fingerprint density at radius 1 is 1.47 bits per heavy atom. The van der Waals surface area contributed by atoms with Crippen LogP contribution in [0.1, 0.15) is 6.92 Å². The number of halogens is 1. The van der Waals surface area contributed by atoms with Crippen molar-refractivity contribution in [3.05, 3.63) is 24.0 Å². The highest BCUT2D eigenvalue weighted by molar-refractivity contribution is 7.84. The molecule has 0 aliphatic heterocycles. The lowest BCUT2D eigenvalue weighted by molar-refractivity contribution is 0.621. The number of rotatable bonds is 5. The summed E-state index contributed by atoms with van der Waals surface area (Å²) in [7, 11) is -0.895. The Balaban J connectivity index is 2.23. The lowest BCUT2D eigenvalue weighted by Crippen LogP contribution is -2.11. The zero-order valence-electron chi connectivity index (χ0n) is 10.4.